The number of rotatable bonds is 31. The van der Waals surface area contributed by atoms with Crippen LogP contribution in [0.3, 0.4) is 0 Å². The fourth-order valence-corrected chi connectivity index (χ4v) is 9.48. The average Bonchev–Trinajstić information content (AvgIpc) is 3.46. The van der Waals surface area contributed by atoms with E-state index in [0.29, 0.717) is 11.1 Å². The number of carbonyl (C=O) groups excluding carboxylic acids is 8. The summed E-state index contributed by atoms with van der Waals surface area (Å²) in [6.07, 6.45) is -4.91. The molecule has 0 aromatic heterocycles. The van der Waals surface area contributed by atoms with Gasteiger partial charge < -0.3 is 67.7 Å². The molecule has 12 N–H and O–H groups in total. The summed E-state index contributed by atoms with van der Waals surface area (Å²) in [6, 6.07) is 19.4. The second-order valence-corrected chi connectivity index (χ2v) is 21.5. The SMILES string of the molecule is CC(C)C[C@H](NC(=O)OCC1c2ccccc2-c2ccccc21)C(=O)N[C@@H](Cc1ccccc1)C(=O)N[C@H](C(=O)N[C@@H](CC(C)C)C(=O)N[C@@H](CC(=O)O)C(=O)N[C@@H](C)C(=O)N[C@@H](CC(=O)O)C(=O)N[C@@H](Cc1ccccc1)C(=O)O)[C@H](C)O. The lowest BCUT2D eigenvalue weighted by Crippen LogP contribution is -2.62. The first-order valence-corrected chi connectivity index (χ1v) is 27.5. The summed E-state index contributed by atoms with van der Waals surface area (Å²) < 4.78 is 5.75. The van der Waals surface area contributed by atoms with Crippen LogP contribution in [0.15, 0.2) is 109 Å². The van der Waals surface area contributed by atoms with E-state index in [2.05, 4.69) is 42.5 Å². The van der Waals surface area contributed by atoms with E-state index in [4.69, 9.17) is 4.74 Å². The van der Waals surface area contributed by atoms with Gasteiger partial charge in [0.2, 0.25) is 41.4 Å². The van der Waals surface area contributed by atoms with Gasteiger partial charge in [-0.2, -0.15) is 0 Å². The number of fused-ring (bicyclic) bond motifs is 3. The molecule has 0 radical (unpaired) electrons. The molecule has 0 saturated heterocycles. The Labute approximate surface area is 485 Å². The minimum absolute atomic E-state index is 0.0323. The predicted octanol–water partition coefficient (Wildman–Crippen LogP) is 2.30. The first-order valence-electron chi connectivity index (χ1n) is 27.5. The number of alkyl carbamates (subject to hydrolysis) is 1. The molecule has 0 spiro atoms. The Kier molecular flexibility index (Phi) is 24.5. The van der Waals surface area contributed by atoms with Gasteiger partial charge in [0, 0.05) is 18.8 Å². The van der Waals surface area contributed by atoms with Gasteiger partial charge in [0.15, 0.2) is 0 Å². The Morgan fingerprint density at radius 2 is 0.810 bits per heavy atom. The highest BCUT2D eigenvalue weighted by atomic mass is 16.5. The van der Waals surface area contributed by atoms with Crippen LogP contribution >= 0.6 is 0 Å². The Balaban J connectivity index is 1.26. The molecule has 9 atom stereocenters. The number of amides is 8. The van der Waals surface area contributed by atoms with Gasteiger partial charge in [0.1, 0.15) is 54.9 Å². The summed E-state index contributed by atoms with van der Waals surface area (Å²) in [5.74, 6) is -12.8. The monoisotopic (exact) mass is 1160 g/mol. The zero-order chi connectivity index (χ0) is 61.8. The summed E-state index contributed by atoms with van der Waals surface area (Å²) in [4.78, 5) is 146. The van der Waals surface area contributed by atoms with E-state index in [0.717, 1.165) is 29.2 Å². The summed E-state index contributed by atoms with van der Waals surface area (Å²) >= 11 is 0. The molecule has 0 heterocycles. The van der Waals surface area contributed by atoms with E-state index in [1.165, 1.54) is 6.92 Å². The Hall–Kier alpha value is -9.19. The smallest absolute Gasteiger partial charge is 0.407 e. The van der Waals surface area contributed by atoms with Crippen molar-refractivity contribution in [3.8, 4) is 11.1 Å². The maximum atomic E-state index is 14.3. The number of hydrogen-bond acceptors (Lipinski definition) is 13. The van der Waals surface area contributed by atoms with Crippen molar-refractivity contribution >= 4 is 65.4 Å². The zero-order valence-corrected chi connectivity index (χ0v) is 47.5. The summed E-state index contributed by atoms with van der Waals surface area (Å²) in [7, 11) is 0. The molecule has 0 bridgehead atoms. The molecule has 24 nitrogen and oxygen atoms in total. The largest absolute Gasteiger partial charge is 0.481 e. The van der Waals surface area contributed by atoms with E-state index < -0.39 is 133 Å². The lowest BCUT2D eigenvalue weighted by Gasteiger charge is -2.29. The van der Waals surface area contributed by atoms with E-state index in [-0.39, 0.29) is 50.0 Å². The van der Waals surface area contributed by atoms with E-state index in [9.17, 15) is 73.2 Å². The van der Waals surface area contributed by atoms with Crippen molar-refractivity contribution < 1.29 is 77.9 Å². The molecule has 24 heteroatoms. The van der Waals surface area contributed by atoms with E-state index in [1.54, 1.807) is 74.5 Å². The van der Waals surface area contributed by atoms with Gasteiger partial charge in [0.05, 0.1) is 18.9 Å². The van der Waals surface area contributed by atoms with Gasteiger partial charge in [-0.1, -0.05) is 137 Å². The number of carbonyl (C=O) groups is 11. The molecule has 4 aromatic rings. The lowest BCUT2D eigenvalue weighted by atomic mass is 9.98. The number of carboxylic acid groups (broad SMARTS) is 3. The average molecular weight is 1160 g/mol. The minimum atomic E-state index is -1.92. The van der Waals surface area contributed by atoms with Crippen LogP contribution in [-0.4, -0.2) is 147 Å². The van der Waals surface area contributed by atoms with Gasteiger partial charge in [-0.25, -0.2) is 9.59 Å². The first-order chi connectivity index (χ1) is 39.8. The number of aliphatic carboxylic acids is 3. The van der Waals surface area contributed by atoms with Crippen molar-refractivity contribution in [2.75, 3.05) is 6.61 Å². The molecule has 5 rings (SSSR count). The number of hydrogen-bond donors (Lipinski definition) is 12. The van der Waals surface area contributed by atoms with E-state index in [1.807, 2.05) is 62.4 Å². The lowest BCUT2D eigenvalue weighted by molar-refractivity contribution is -0.143. The summed E-state index contributed by atoms with van der Waals surface area (Å²) in [6.45, 7) is 9.28. The molecule has 1 aliphatic carbocycles. The maximum absolute atomic E-state index is 14.3. The first kappa shape index (κ1) is 65.6. The molecule has 450 valence electrons. The van der Waals surface area contributed by atoms with Gasteiger partial charge in [-0.3, -0.25) is 43.2 Å². The Morgan fingerprint density at radius 3 is 1.27 bits per heavy atom. The number of nitrogens with one attached hydrogen (secondary N) is 8. The fourth-order valence-electron chi connectivity index (χ4n) is 9.48. The minimum Gasteiger partial charge on any atom is -0.481 e. The quantitative estimate of drug-likeness (QED) is 0.0344. The van der Waals surface area contributed by atoms with Crippen LogP contribution in [0.25, 0.3) is 11.1 Å². The molecule has 0 fully saturated rings. The van der Waals surface area contributed by atoms with Crippen LogP contribution < -0.4 is 42.5 Å². The molecular formula is C60H74N8O16. The topological polar surface area (TPSA) is 374 Å². The number of carboxylic acids is 3. The Bertz CT molecular complexity index is 2950. The van der Waals surface area contributed by atoms with Gasteiger partial charge >= 0.3 is 24.0 Å². The third kappa shape index (κ3) is 19.8. The van der Waals surface area contributed by atoms with E-state index >= 15 is 0 Å². The number of ether oxygens (including phenoxy) is 1. The second-order valence-electron chi connectivity index (χ2n) is 21.5. The van der Waals surface area contributed by atoms with Crippen LogP contribution in [0.2, 0.25) is 0 Å². The van der Waals surface area contributed by atoms with Crippen LogP contribution in [0.4, 0.5) is 4.79 Å². The summed E-state index contributed by atoms with van der Waals surface area (Å²) in [5, 5.41) is 59.2. The molecule has 84 heavy (non-hydrogen) atoms. The highest BCUT2D eigenvalue weighted by Crippen LogP contribution is 2.44. The van der Waals surface area contributed by atoms with Gasteiger partial charge in [0.25, 0.3) is 0 Å². The number of aliphatic hydroxyl groups is 1. The maximum Gasteiger partial charge on any atom is 0.407 e. The number of aliphatic hydroxyl groups excluding tert-OH is 1. The van der Waals surface area contributed by atoms with Crippen LogP contribution in [0.1, 0.15) is 95.4 Å². The second kappa shape index (κ2) is 31.3. The van der Waals surface area contributed by atoms with Crippen LogP contribution in [0.5, 0.6) is 0 Å². The standard InChI is InChI=1S/C60H74N8O16/c1-32(2)25-43(54(76)64-46(29-49(70)71)53(75)61-34(5)52(74)62-47(30-50(72)73)56(78)66-48(59(81)82)28-37-19-11-8-12-20-37)65-58(80)51(35(6)69)68-57(79)45(27-36-17-9-7-10-18-36)63-55(77)44(26-33(3)4)67-60(83)84-31-42-40-23-15-13-21-38(40)39-22-14-16-24-41(39)42/h7-24,32-35,42-48,51,69H,25-31H2,1-6H3,(H,61,75)(H,62,74)(H,63,77)(H,64,76)(H,65,80)(H,66,78)(H,67,83)(H,68,79)(H,70,71)(H,72,73)(H,81,82)/t34-,35-,43-,44-,45-,46-,47-,48-,51-/m0/s1. The third-order valence-corrected chi connectivity index (χ3v) is 13.7. The zero-order valence-electron chi connectivity index (χ0n) is 47.5. The highest BCUT2D eigenvalue weighted by Gasteiger charge is 2.37. The molecule has 0 saturated carbocycles. The van der Waals surface area contributed by atoms with Crippen LogP contribution in [-0.2, 0) is 65.5 Å². The molecule has 0 unspecified atom stereocenters. The van der Waals surface area contributed by atoms with Crippen molar-refractivity contribution in [1.82, 2.24) is 42.5 Å². The van der Waals surface area contributed by atoms with Crippen molar-refractivity contribution in [1.29, 1.82) is 0 Å². The Morgan fingerprint density at radius 1 is 0.429 bits per heavy atom. The summed E-state index contributed by atoms with van der Waals surface area (Å²) in [5.41, 5.74) is 5.12. The van der Waals surface area contributed by atoms with Gasteiger partial charge in [-0.05, 0) is 71.9 Å². The van der Waals surface area contributed by atoms with Crippen molar-refractivity contribution in [3.05, 3.63) is 131 Å². The normalized spacial score (nSPS) is 14.9. The molecule has 0 aliphatic heterocycles. The molecule has 8 amide bonds. The number of benzene rings is 4. The molecule has 1 aliphatic rings. The predicted molar refractivity (Wildman–Crippen MR) is 304 cm³/mol. The van der Waals surface area contributed by atoms with Crippen molar-refractivity contribution in [3.63, 3.8) is 0 Å². The molecule has 4 aromatic carbocycles. The van der Waals surface area contributed by atoms with Crippen molar-refractivity contribution in [2.45, 2.75) is 140 Å². The van der Waals surface area contributed by atoms with Crippen LogP contribution in [0, 0.1) is 11.8 Å². The fraction of sp³-hybridized carbons (Fsp3) is 0.417. The van der Waals surface area contributed by atoms with Crippen molar-refractivity contribution in [2.24, 2.45) is 11.8 Å². The highest BCUT2D eigenvalue weighted by molar-refractivity contribution is 5.99. The third-order valence-electron chi connectivity index (χ3n) is 13.7. The van der Waals surface area contributed by atoms with Gasteiger partial charge in [-0.15, -0.1) is 0 Å². The molecular weight excluding hydrogens is 1090 g/mol.